The van der Waals surface area contributed by atoms with Crippen LogP contribution in [0.4, 0.5) is 0 Å². The highest BCUT2D eigenvalue weighted by atomic mass is 79.9. The van der Waals surface area contributed by atoms with Crippen LogP contribution in [-0.2, 0) is 4.74 Å². The molecule has 3 rings (SSSR count). The summed E-state index contributed by atoms with van der Waals surface area (Å²) in [6, 6.07) is 2.88. The SMILES string of the molecule is Brc1csc(C2CNC3CCCC3CO2)c1. The van der Waals surface area contributed by atoms with Crippen LogP contribution in [0.5, 0.6) is 0 Å². The maximum absolute atomic E-state index is 6.04. The third-order valence-electron chi connectivity index (χ3n) is 3.64. The Kier molecular flexibility index (Phi) is 3.34. The van der Waals surface area contributed by atoms with E-state index in [0.29, 0.717) is 6.04 Å². The molecule has 2 aliphatic rings. The Morgan fingerprint density at radius 1 is 1.44 bits per heavy atom. The molecule has 1 saturated carbocycles. The fraction of sp³-hybridized carbons (Fsp3) is 0.667. The zero-order chi connectivity index (χ0) is 11.0. The van der Waals surface area contributed by atoms with Crippen LogP contribution in [0.1, 0.15) is 30.2 Å². The van der Waals surface area contributed by atoms with E-state index in [-0.39, 0.29) is 6.10 Å². The summed E-state index contributed by atoms with van der Waals surface area (Å²) in [4.78, 5) is 1.33. The first-order valence-electron chi connectivity index (χ1n) is 5.92. The standard InChI is InChI=1S/C12H16BrNOS/c13-9-4-12(16-7-9)11-5-14-10-3-1-2-8(10)6-15-11/h4,7-8,10-11,14H,1-3,5-6H2. The Bertz CT molecular complexity index is 354. The molecule has 1 N–H and O–H groups in total. The third kappa shape index (κ3) is 2.21. The lowest BCUT2D eigenvalue weighted by Crippen LogP contribution is -2.32. The van der Waals surface area contributed by atoms with E-state index in [1.807, 2.05) is 0 Å². The Hall–Kier alpha value is 0.1000. The van der Waals surface area contributed by atoms with Crippen molar-refractivity contribution in [2.24, 2.45) is 5.92 Å². The highest BCUT2D eigenvalue weighted by Crippen LogP contribution is 2.33. The van der Waals surface area contributed by atoms with Gasteiger partial charge in [0.25, 0.3) is 0 Å². The van der Waals surface area contributed by atoms with Gasteiger partial charge in [-0.3, -0.25) is 0 Å². The lowest BCUT2D eigenvalue weighted by Gasteiger charge is -2.14. The van der Waals surface area contributed by atoms with E-state index in [0.717, 1.165) is 19.1 Å². The number of hydrogen-bond acceptors (Lipinski definition) is 3. The van der Waals surface area contributed by atoms with Crippen LogP contribution in [0.2, 0.25) is 0 Å². The fourth-order valence-electron chi connectivity index (χ4n) is 2.74. The molecule has 2 heterocycles. The molecule has 3 atom stereocenters. The van der Waals surface area contributed by atoms with Crippen LogP contribution in [0.25, 0.3) is 0 Å². The molecule has 0 radical (unpaired) electrons. The molecule has 0 spiro atoms. The Morgan fingerprint density at radius 3 is 3.19 bits per heavy atom. The van der Waals surface area contributed by atoms with Gasteiger partial charge in [-0.05, 0) is 40.8 Å². The lowest BCUT2D eigenvalue weighted by molar-refractivity contribution is 0.0495. The van der Waals surface area contributed by atoms with Crippen molar-refractivity contribution in [3.8, 4) is 0 Å². The maximum atomic E-state index is 6.04. The minimum Gasteiger partial charge on any atom is -0.371 e. The van der Waals surface area contributed by atoms with Gasteiger partial charge in [0.05, 0.1) is 6.61 Å². The van der Waals surface area contributed by atoms with Crippen LogP contribution in [0.3, 0.4) is 0 Å². The highest BCUT2D eigenvalue weighted by molar-refractivity contribution is 9.10. The summed E-state index contributed by atoms with van der Waals surface area (Å²) < 4.78 is 7.21. The van der Waals surface area contributed by atoms with Gasteiger partial charge in [0.1, 0.15) is 6.10 Å². The quantitative estimate of drug-likeness (QED) is 0.859. The molecule has 1 saturated heterocycles. The number of rotatable bonds is 1. The van der Waals surface area contributed by atoms with Gasteiger partial charge in [0.15, 0.2) is 0 Å². The summed E-state index contributed by atoms with van der Waals surface area (Å²) >= 11 is 5.28. The topological polar surface area (TPSA) is 21.3 Å². The second-order valence-corrected chi connectivity index (χ2v) is 6.55. The second kappa shape index (κ2) is 4.77. The molecule has 1 aromatic heterocycles. The molecule has 1 aliphatic heterocycles. The highest BCUT2D eigenvalue weighted by Gasteiger charge is 2.31. The number of hydrogen-bond donors (Lipinski definition) is 1. The average Bonchev–Trinajstić information content (AvgIpc) is 2.85. The van der Waals surface area contributed by atoms with Gasteiger partial charge in [0, 0.05) is 27.3 Å². The Labute approximate surface area is 109 Å². The molecule has 4 heteroatoms. The third-order valence-corrected chi connectivity index (χ3v) is 5.43. The van der Waals surface area contributed by atoms with Gasteiger partial charge in [-0.15, -0.1) is 11.3 Å². The van der Waals surface area contributed by atoms with Crippen molar-refractivity contribution in [3.05, 3.63) is 20.8 Å². The van der Waals surface area contributed by atoms with Gasteiger partial charge in [-0.2, -0.15) is 0 Å². The summed E-state index contributed by atoms with van der Waals surface area (Å²) in [6.45, 7) is 1.89. The first-order valence-corrected chi connectivity index (χ1v) is 7.59. The summed E-state index contributed by atoms with van der Waals surface area (Å²) in [5.74, 6) is 0.744. The molecule has 1 aliphatic carbocycles. The molecule has 2 fully saturated rings. The molecule has 1 aromatic rings. The van der Waals surface area contributed by atoms with Crippen LogP contribution in [0.15, 0.2) is 15.9 Å². The Balaban J connectivity index is 1.70. The Morgan fingerprint density at radius 2 is 2.38 bits per heavy atom. The molecule has 88 valence electrons. The van der Waals surface area contributed by atoms with Crippen molar-refractivity contribution in [1.29, 1.82) is 0 Å². The number of thiophene rings is 1. The van der Waals surface area contributed by atoms with Gasteiger partial charge in [-0.25, -0.2) is 0 Å². The molecule has 0 aromatic carbocycles. The lowest BCUT2D eigenvalue weighted by atomic mass is 10.1. The molecule has 0 bridgehead atoms. The molecular formula is C12H16BrNOS. The largest absolute Gasteiger partial charge is 0.371 e. The van der Waals surface area contributed by atoms with Crippen molar-refractivity contribution < 1.29 is 4.74 Å². The molecular weight excluding hydrogens is 286 g/mol. The van der Waals surface area contributed by atoms with Gasteiger partial charge in [-0.1, -0.05) is 6.42 Å². The maximum Gasteiger partial charge on any atom is 0.104 e. The summed E-state index contributed by atoms with van der Waals surface area (Å²) in [5, 5.41) is 5.80. The van der Waals surface area contributed by atoms with Crippen molar-refractivity contribution in [2.75, 3.05) is 13.2 Å². The molecule has 3 unspecified atom stereocenters. The van der Waals surface area contributed by atoms with Crippen LogP contribution in [0, 0.1) is 5.92 Å². The first-order chi connectivity index (χ1) is 7.83. The van der Waals surface area contributed by atoms with E-state index in [4.69, 9.17) is 4.74 Å². The minimum atomic E-state index is 0.252. The van der Waals surface area contributed by atoms with Crippen LogP contribution >= 0.6 is 27.3 Å². The smallest absolute Gasteiger partial charge is 0.104 e. The molecule has 0 amide bonds. The van der Waals surface area contributed by atoms with Crippen molar-refractivity contribution in [1.82, 2.24) is 5.32 Å². The van der Waals surface area contributed by atoms with Crippen LogP contribution in [-0.4, -0.2) is 19.2 Å². The van der Waals surface area contributed by atoms with E-state index in [9.17, 15) is 0 Å². The first kappa shape index (κ1) is 11.2. The van der Waals surface area contributed by atoms with E-state index >= 15 is 0 Å². The summed E-state index contributed by atoms with van der Waals surface area (Å²) in [5.41, 5.74) is 0. The van der Waals surface area contributed by atoms with Gasteiger partial charge in [0.2, 0.25) is 0 Å². The normalized spacial score (nSPS) is 34.7. The van der Waals surface area contributed by atoms with E-state index < -0.39 is 0 Å². The van der Waals surface area contributed by atoms with Gasteiger partial charge < -0.3 is 10.1 Å². The van der Waals surface area contributed by atoms with E-state index in [1.165, 1.54) is 28.6 Å². The van der Waals surface area contributed by atoms with Crippen molar-refractivity contribution >= 4 is 27.3 Å². The number of ether oxygens (including phenoxy) is 1. The summed E-state index contributed by atoms with van der Waals surface area (Å²) in [7, 11) is 0. The van der Waals surface area contributed by atoms with E-state index in [1.54, 1.807) is 11.3 Å². The van der Waals surface area contributed by atoms with Crippen molar-refractivity contribution in [2.45, 2.75) is 31.4 Å². The minimum absolute atomic E-state index is 0.252. The molecule has 16 heavy (non-hydrogen) atoms. The van der Waals surface area contributed by atoms with E-state index in [2.05, 4.69) is 32.7 Å². The number of nitrogens with one attached hydrogen (secondary N) is 1. The zero-order valence-electron chi connectivity index (χ0n) is 9.12. The van der Waals surface area contributed by atoms with Crippen molar-refractivity contribution in [3.63, 3.8) is 0 Å². The summed E-state index contributed by atoms with van der Waals surface area (Å²) in [6.07, 6.45) is 4.27. The number of fused-ring (bicyclic) bond motifs is 1. The second-order valence-electron chi connectivity index (χ2n) is 4.69. The average molecular weight is 302 g/mol. The monoisotopic (exact) mass is 301 g/mol. The van der Waals surface area contributed by atoms with Gasteiger partial charge >= 0.3 is 0 Å². The molecule has 2 nitrogen and oxygen atoms in total. The predicted octanol–water partition coefficient (Wildman–Crippen LogP) is 3.34. The predicted molar refractivity (Wildman–Crippen MR) is 69.8 cm³/mol. The fourth-order valence-corrected chi connectivity index (χ4v) is 4.24. The van der Waals surface area contributed by atoms with Crippen LogP contribution < -0.4 is 5.32 Å². The zero-order valence-corrected chi connectivity index (χ0v) is 11.5. The number of halogens is 1.